The third kappa shape index (κ3) is 4.10. The Labute approximate surface area is 179 Å². The van der Waals surface area contributed by atoms with Gasteiger partial charge in [0.25, 0.3) is 5.91 Å². The molecule has 0 bridgehead atoms. The highest BCUT2D eigenvalue weighted by Crippen LogP contribution is 2.36. The molecule has 0 radical (unpaired) electrons. The molecule has 0 aliphatic carbocycles. The van der Waals surface area contributed by atoms with Gasteiger partial charge in [0.05, 0.1) is 45.4 Å². The van der Waals surface area contributed by atoms with Gasteiger partial charge in [-0.3, -0.25) is 4.79 Å². The normalized spacial score (nSPS) is 18.6. The van der Waals surface area contributed by atoms with Crippen LogP contribution in [0.3, 0.4) is 0 Å². The largest absolute Gasteiger partial charge is 0.493 e. The summed E-state index contributed by atoms with van der Waals surface area (Å²) in [5.74, 6) is 0.820. The molecule has 2 aromatic carbocycles. The number of hydrogen-bond acceptors (Lipinski definition) is 7. The standard InChI is InChI=1S/C22H24N4O5/c1-29-18-9-8-15(12-19(18)30-2)21-20(14-27)31-11-10-25(21)22(28)17-13-26(24-23-17)16-6-4-3-5-7-16/h3-9,12-13,20-21,27H,10-11,14H2,1-2H3. The average molecular weight is 424 g/mol. The molecule has 1 amide bonds. The van der Waals surface area contributed by atoms with E-state index in [1.165, 1.54) is 0 Å². The van der Waals surface area contributed by atoms with Crippen molar-refractivity contribution >= 4 is 5.91 Å². The summed E-state index contributed by atoms with van der Waals surface area (Å²) in [6.07, 6.45) is 1.02. The third-order valence-corrected chi connectivity index (χ3v) is 5.28. The number of rotatable bonds is 6. The number of aliphatic hydroxyl groups excluding tert-OH is 1. The van der Waals surface area contributed by atoms with E-state index in [0.717, 1.165) is 11.3 Å². The molecule has 0 spiro atoms. The SMILES string of the molecule is COc1ccc(C2C(CO)OCCN2C(=O)c2cn(-c3ccccc3)nn2)cc1OC. The minimum Gasteiger partial charge on any atom is -0.493 e. The maximum Gasteiger partial charge on any atom is 0.276 e. The highest BCUT2D eigenvalue weighted by Gasteiger charge is 2.37. The monoisotopic (exact) mass is 424 g/mol. The van der Waals surface area contributed by atoms with Gasteiger partial charge in [0.1, 0.15) is 6.10 Å². The predicted octanol–water partition coefficient (Wildman–Crippen LogP) is 1.86. The molecule has 3 aromatic rings. The van der Waals surface area contributed by atoms with E-state index in [1.807, 2.05) is 36.4 Å². The van der Waals surface area contributed by atoms with Gasteiger partial charge in [-0.25, -0.2) is 4.68 Å². The molecule has 1 aliphatic rings. The van der Waals surface area contributed by atoms with Crippen LogP contribution in [0, 0.1) is 0 Å². The summed E-state index contributed by atoms with van der Waals surface area (Å²) in [6, 6.07) is 14.3. The van der Waals surface area contributed by atoms with Crippen molar-refractivity contribution in [3.8, 4) is 17.2 Å². The van der Waals surface area contributed by atoms with Crippen molar-refractivity contribution in [2.24, 2.45) is 0 Å². The van der Waals surface area contributed by atoms with E-state index in [2.05, 4.69) is 10.3 Å². The maximum absolute atomic E-state index is 13.4. The number of benzene rings is 2. The van der Waals surface area contributed by atoms with Crippen LogP contribution in [0.25, 0.3) is 5.69 Å². The van der Waals surface area contributed by atoms with Gasteiger partial charge < -0.3 is 24.2 Å². The van der Waals surface area contributed by atoms with Gasteiger partial charge in [-0.1, -0.05) is 29.5 Å². The Morgan fingerprint density at radius 1 is 1.16 bits per heavy atom. The molecule has 1 fully saturated rings. The minimum absolute atomic E-state index is 0.216. The summed E-state index contributed by atoms with van der Waals surface area (Å²) in [5.41, 5.74) is 1.79. The van der Waals surface area contributed by atoms with Crippen LogP contribution in [0.2, 0.25) is 0 Å². The Morgan fingerprint density at radius 2 is 1.94 bits per heavy atom. The molecule has 0 saturated carbocycles. The second-order valence-electron chi connectivity index (χ2n) is 7.03. The molecule has 1 saturated heterocycles. The van der Waals surface area contributed by atoms with Crippen molar-refractivity contribution in [1.29, 1.82) is 0 Å². The summed E-state index contributed by atoms with van der Waals surface area (Å²) in [5, 5.41) is 18.1. The first-order valence-electron chi connectivity index (χ1n) is 9.89. The second kappa shape index (κ2) is 9.15. The quantitative estimate of drug-likeness (QED) is 0.645. The average Bonchev–Trinajstić information content (AvgIpc) is 3.33. The van der Waals surface area contributed by atoms with Crippen LogP contribution in [0.5, 0.6) is 11.5 Å². The molecule has 9 nitrogen and oxygen atoms in total. The lowest BCUT2D eigenvalue weighted by atomic mass is 9.97. The molecule has 2 atom stereocenters. The van der Waals surface area contributed by atoms with Crippen molar-refractivity contribution < 1.29 is 24.1 Å². The van der Waals surface area contributed by atoms with Crippen molar-refractivity contribution in [1.82, 2.24) is 19.9 Å². The molecule has 1 aliphatic heterocycles. The van der Waals surface area contributed by atoms with Crippen LogP contribution in [0.4, 0.5) is 0 Å². The number of ether oxygens (including phenoxy) is 3. The second-order valence-corrected chi connectivity index (χ2v) is 7.03. The molecule has 162 valence electrons. The summed E-state index contributed by atoms with van der Waals surface area (Å²) >= 11 is 0. The van der Waals surface area contributed by atoms with Gasteiger partial charge in [0.2, 0.25) is 0 Å². The fourth-order valence-corrected chi connectivity index (χ4v) is 3.76. The molecule has 1 aromatic heterocycles. The van der Waals surface area contributed by atoms with Gasteiger partial charge in [-0.05, 0) is 29.8 Å². The Morgan fingerprint density at radius 3 is 2.65 bits per heavy atom. The van der Waals surface area contributed by atoms with E-state index in [0.29, 0.717) is 24.7 Å². The summed E-state index contributed by atoms with van der Waals surface area (Å²) in [4.78, 5) is 15.0. The highest BCUT2D eigenvalue weighted by atomic mass is 16.5. The van der Waals surface area contributed by atoms with E-state index in [1.54, 1.807) is 42.1 Å². The molecule has 4 rings (SSSR count). The zero-order valence-electron chi connectivity index (χ0n) is 17.3. The number of aromatic nitrogens is 3. The predicted molar refractivity (Wildman–Crippen MR) is 112 cm³/mol. The molecular weight excluding hydrogens is 400 g/mol. The van der Waals surface area contributed by atoms with E-state index in [-0.39, 0.29) is 18.2 Å². The minimum atomic E-state index is -0.583. The van der Waals surface area contributed by atoms with Crippen LogP contribution in [0.1, 0.15) is 22.1 Å². The lowest BCUT2D eigenvalue weighted by Gasteiger charge is -2.40. The van der Waals surface area contributed by atoms with Crippen molar-refractivity contribution in [3.63, 3.8) is 0 Å². The van der Waals surface area contributed by atoms with Crippen LogP contribution in [0.15, 0.2) is 54.7 Å². The molecule has 9 heteroatoms. The number of morpholine rings is 1. The number of amides is 1. The molecule has 1 N–H and O–H groups in total. The molecule has 2 heterocycles. The summed E-state index contributed by atoms with van der Waals surface area (Å²) < 4.78 is 18.0. The topological polar surface area (TPSA) is 98.9 Å². The highest BCUT2D eigenvalue weighted by molar-refractivity contribution is 5.92. The number of aliphatic hydroxyl groups is 1. The Bertz CT molecular complexity index is 1040. The number of methoxy groups -OCH3 is 2. The zero-order valence-corrected chi connectivity index (χ0v) is 17.3. The number of nitrogens with zero attached hydrogens (tertiary/aromatic N) is 4. The maximum atomic E-state index is 13.4. The number of carbonyl (C=O) groups is 1. The fraction of sp³-hybridized carbons (Fsp3) is 0.318. The first-order chi connectivity index (χ1) is 15.2. The van der Waals surface area contributed by atoms with Crippen LogP contribution >= 0.6 is 0 Å². The van der Waals surface area contributed by atoms with Crippen molar-refractivity contribution in [3.05, 3.63) is 66.0 Å². The smallest absolute Gasteiger partial charge is 0.276 e. The Balaban J connectivity index is 1.67. The van der Waals surface area contributed by atoms with E-state index < -0.39 is 12.1 Å². The van der Waals surface area contributed by atoms with Crippen molar-refractivity contribution in [2.75, 3.05) is 34.0 Å². The van der Waals surface area contributed by atoms with E-state index >= 15 is 0 Å². The summed E-state index contributed by atoms with van der Waals surface area (Å²) in [7, 11) is 3.11. The molecular formula is C22H24N4O5. The van der Waals surface area contributed by atoms with Gasteiger partial charge >= 0.3 is 0 Å². The van der Waals surface area contributed by atoms with Gasteiger partial charge in [-0.15, -0.1) is 5.10 Å². The Hall–Kier alpha value is -3.43. The number of hydrogen-bond donors (Lipinski definition) is 1. The van der Waals surface area contributed by atoms with Gasteiger partial charge in [0, 0.05) is 6.54 Å². The Kier molecular flexibility index (Phi) is 6.15. The third-order valence-electron chi connectivity index (χ3n) is 5.28. The first-order valence-corrected chi connectivity index (χ1v) is 9.89. The first kappa shape index (κ1) is 20.8. The van der Waals surface area contributed by atoms with E-state index in [4.69, 9.17) is 14.2 Å². The van der Waals surface area contributed by atoms with Gasteiger partial charge in [-0.2, -0.15) is 0 Å². The van der Waals surface area contributed by atoms with Crippen LogP contribution in [-0.4, -0.2) is 71.0 Å². The van der Waals surface area contributed by atoms with E-state index in [9.17, 15) is 9.90 Å². The number of para-hydroxylation sites is 1. The molecule has 2 unspecified atom stereocenters. The lowest BCUT2D eigenvalue weighted by Crippen LogP contribution is -2.49. The van der Waals surface area contributed by atoms with Crippen LogP contribution in [-0.2, 0) is 4.74 Å². The fourth-order valence-electron chi connectivity index (χ4n) is 3.76. The van der Waals surface area contributed by atoms with Gasteiger partial charge in [0.15, 0.2) is 17.2 Å². The number of carbonyl (C=O) groups excluding carboxylic acids is 1. The molecule has 31 heavy (non-hydrogen) atoms. The lowest BCUT2D eigenvalue weighted by molar-refractivity contribution is -0.0813. The zero-order chi connectivity index (χ0) is 21.8. The summed E-state index contributed by atoms with van der Waals surface area (Å²) in [6.45, 7) is 0.430. The van der Waals surface area contributed by atoms with Crippen LogP contribution < -0.4 is 9.47 Å². The van der Waals surface area contributed by atoms with Crippen molar-refractivity contribution in [2.45, 2.75) is 12.1 Å².